The van der Waals surface area contributed by atoms with Crippen molar-refractivity contribution in [3.63, 3.8) is 0 Å². The van der Waals surface area contributed by atoms with Crippen LogP contribution in [0, 0.1) is 0 Å². The van der Waals surface area contributed by atoms with Gasteiger partial charge in [-0.05, 0) is 39.8 Å². The average molecular weight is 350 g/mol. The number of hydrogen-bond acceptors (Lipinski definition) is 4. The number of amides is 1. The Kier molecular flexibility index (Phi) is 9.21. The molecule has 0 radical (unpaired) electrons. The number of carbonyl (C=O) groups is 1. The van der Waals surface area contributed by atoms with E-state index in [1.807, 2.05) is 45.9 Å². The summed E-state index contributed by atoms with van der Waals surface area (Å²) in [5.74, 6) is 1.71. The van der Waals surface area contributed by atoms with Crippen molar-refractivity contribution in [3.8, 4) is 11.5 Å². The normalized spacial score (nSPS) is 11.1. The highest BCUT2D eigenvalue weighted by Gasteiger charge is 2.09. The van der Waals surface area contributed by atoms with Crippen molar-refractivity contribution in [3.05, 3.63) is 18.2 Å². The number of guanidine groups is 1. The fourth-order valence-electron chi connectivity index (χ4n) is 2.33. The van der Waals surface area contributed by atoms with Crippen LogP contribution in [0.25, 0.3) is 0 Å². The maximum absolute atomic E-state index is 12.0. The fourth-order valence-corrected chi connectivity index (χ4v) is 2.33. The van der Waals surface area contributed by atoms with E-state index in [4.69, 9.17) is 15.2 Å². The maximum Gasteiger partial charge on any atom is 0.224 e. The Morgan fingerprint density at radius 2 is 1.84 bits per heavy atom. The van der Waals surface area contributed by atoms with Gasteiger partial charge in [-0.15, -0.1) is 0 Å². The standard InChI is InChI=1S/C18H30N4O3/c1-5-22(6-2)17(23)11-12-20-18(19)21-15-13-14(24-7-3)9-10-16(15)25-8-4/h9-10,13H,5-8,11-12H2,1-4H3,(H3,19,20,21). The molecule has 0 atom stereocenters. The average Bonchev–Trinajstić information content (AvgIpc) is 2.58. The van der Waals surface area contributed by atoms with Crippen LogP contribution in [0.15, 0.2) is 23.2 Å². The molecule has 0 saturated carbocycles. The third-order valence-corrected chi connectivity index (χ3v) is 3.55. The number of rotatable bonds is 10. The Balaban J connectivity index is 2.72. The van der Waals surface area contributed by atoms with Crippen molar-refractivity contribution in [2.75, 3.05) is 38.2 Å². The van der Waals surface area contributed by atoms with Gasteiger partial charge in [-0.25, -0.2) is 0 Å². The molecule has 0 saturated heterocycles. The van der Waals surface area contributed by atoms with E-state index >= 15 is 0 Å². The van der Waals surface area contributed by atoms with Gasteiger partial charge >= 0.3 is 0 Å². The highest BCUT2D eigenvalue weighted by atomic mass is 16.5. The molecule has 140 valence electrons. The second-order valence-electron chi connectivity index (χ2n) is 5.23. The fraction of sp³-hybridized carbons (Fsp3) is 0.556. The lowest BCUT2D eigenvalue weighted by Gasteiger charge is -2.18. The van der Waals surface area contributed by atoms with Crippen molar-refractivity contribution in [1.82, 2.24) is 4.90 Å². The first kappa shape index (κ1) is 20.6. The number of nitrogens with zero attached hydrogens (tertiary/aromatic N) is 2. The van der Waals surface area contributed by atoms with E-state index in [1.165, 1.54) is 0 Å². The van der Waals surface area contributed by atoms with Crippen LogP contribution in [0.2, 0.25) is 0 Å². The molecule has 1 amide bonds. The van der Waals surface area contributed by atoms with Crippen molar-refractivity contribution in [1.29, 1.82) is 0 Å². The minimum Gasteiger partial charge on any atom is -0.494 e. The summed E-state index contributed by atoms with van der Waals surface area (Å²) < 4.78 is 11.1. The van der Waals surface area contributed by atoms with Crippen LogP contribution >= 0.6 is 0 Å². The lowest BCUT2D eigenvalue weighted by atomic mass is 10.2. The van der Waals surface area contributed by atoms with Crippen molar-refractivity contribution >= 4 is 17.6 Å². The smallest absolute Gasteiger partial charge is 0.224 e. The third-order valence-electron chi connectivity index (χ3n) is 3.55. The zero-order chi connectivity index (χ0) is 18.7. The second kappa shape index (κ2) is 11.2. The number of benzene rings is 1. The molecule has 0 aromatic heterocycles. The number of nitrogens with one attached hydrogen (secondary N) is 1. The highest BCUT2D eigenvalue weighted by molar-refractivity contribution is 5.94. The SMILES string of the molecule is CCOc1ccc(OCC)c(NC(N)=NCCC(=O)N(CC)CC)c1. The van der Waals surface area contributed by atoms with E-state index in [9.17, 15) is 4.79 Å². The largest absolute Gasteiger partial charge is 0.494 e. The summed E-state index contributed by atoms with van der Waals surface area (Å²) in [5, 5.41) is 3.02. The summed E-state index contributed by atoms with van der Waals surface area (Å²) in [7, 11) is 0. The molecule has 0 heterocycles. The monoisotopic (exact) mass is 350 g/mol. The minimum absolute atomic E-state index is 0.0786. The molecule has 0 aliphatic rings. The zero-order valence-corrected chi connectivity index (χ0v) is 15.7. The number of aliphatic imine (C=N–C) groups is 1. The first-order valence-electron chi connectivity index (χ1n) is 8.79. The van der Waals surface area contributed by atoms with Gasteiger partial charge < -0.3 is 25.4 Å². The van der Waals surface area contributed by atoms with Crippen LogP contribution in [0.5, 0.6) is 11.5 Å². The number of nitrogens with two attached hydrogens (primary N) is 1. The maximum atomic E-state index is 12.0. The molecule has 25 heavy (non-hydrogen) atoms. The van der Waals surface area contributed by atoms with E-state index in [1.54, 1.807) is 4.90 Å². The molecule has 7 heteroatoms. The molecule has 3 N–H and O–H groups in total. The van der Waals surface area contributed by atoms with Crippen LogP contribution in [-0.2, 0) is 4.79 Å². The van der Waals surface area contributed by atoms with Crippen molar-refractivity contribution in [2.45, 2.75) is 34.1 Å². The summed E-state index contributed by atoms with van der Waals surface area (Å²) in [5.41, 5.74) is 6.62. The van der Waals surface area contributed by atoms with Gasteiger partial charge in [0.1, 0.15) is 11.5 Å². The van der Waals surface area contributed by atoms with Crippen molar-refractivity contribution < 1.29 is 14.3 Å². The van der Waals surface area contributed by atoms with Crippen molar-refractivity contribution in [2.24, 2.45) is 10.7 Å². The Hall–Kier alpha value is -2.44. The number of carbonyl (C=O) groups excluding carboxylic acids is 1. The van der Waals surface area contributed by atoms with Gasteiger partial charge in [0.25, 0.3) is 0 Å². The van der Waals surface area contributed by atoms with E-state index in [0.29, 0.717) is 50.7 Å². The van der Waals surface area contributed by atoms with Crippen LogP contribution in [0.3, 0.4) is 0 Å². The topological polar surface area (TPSA) is 89.2 Å². The van der Waals surface area contributed by atoms with Crippen LogP contribution in [0.1, 0.15) is 34.1 Å². The van der Waals surface area contributed by atoms with Gasteiger partial charge in [0.2, 0.25) is 5.91 Å². The molecule has 1 aromatic rings. The molecule has 0 spiro atoms. The van der Waals surface area contributed by atoms with Gasteiger partial charge in [0, 0.05) is 25.6 Å². The molecule has 0 fully saturated rings. The quantitative estimate of drug-likeness (QED) is 0.500. The third kappa shape index (κ3) is 6.91. The lowest BCUT2D eigenvalue weighted by molar-refractivity contribution is -0.130. The summed E-state index contributed by atoms with van der Waals surface area (Å²) >= 11 is 0. The summed E-state index contributed by atoms with van der Waals surface area (Å²) in [6.45, 7) is 10.6. The number of anilines is 1. The lowest BCUT2D eigenvalue weighted by Crippen LogP contribution is -2.31. The molecular formula is C18H30N4O3. The second-order valence-corrected chi connectivity index (χ2v) is 5.23. The zero-order valence-electron chi connectivity index (χ0n) is 15.7. The summed E-state index contributed by atoms with van der Waals surface area (Å²) in [4.78, 5) is 18.0. The molecule has 0 bridgehead atoms. The molecular weight excluding hydrogens is 320 g/mol. The van der Waals surface area contributed by atoms with Crippen LogP contribution < -0.4 is 20.5 Å². The number of hydrogen-bond donors (Lipinski definition) is 2. The van der Waals surface area contributed by atoms with E-state index in [-0.39, 0.29) is 11.9 Å². The molecule has 7 nitrogen and oxygen atoms in total. The molecule has 0 unspecified atom stereocenters. The van der Waals surface area contributed by atoms with E-state index in [2.05, 4.69) is 10.3 Å². The van der Waals surface area contributed by atoms with Gasteiger partial charge in [-0.1, -0.05) is 0 Å². The highest BCUT2D eigenvalue weighted by Crippen LogP contribution is 2.29. The predicted octanol–water partition coefficient (Wildman–Crippen LogP) is 2.47. The molecule has 0 aliphatic carbocycles. The minimum atomic E-state index is 0.0786. The Bertz CT molecular complexity index is 571. The first-order chi connectivity index (χ1) is 12.0. The van der Waals surface area contributed by atoms with Crippen LogP contribution in [-0.4, -0.2) is 49.6 Å². The predicted molar refractivity (Wildman–Crippen MR) is 101 cm³/mol. The Labute approximate surface area is 150 Å². The van der Waals surface area contributed by atoms with Gasteiger partial charge in [-0.2, -0.15) is 0 Å². The summed E-state index contributed by atoms with van der Waals surface area (Å²) in [6.07, 6.45) is 0.335. The number of ether oxygens (including phenoxy) is 2. The Morgan fingerprint density at radius 1 is 1.16 bits per heavy atom. The van der Waals surface area contributed by atoms with E-state index in [0.717, 1.165) is 5.75 Å². The van der Waals surface area contributed by atoms with Crippen LogP contribution in [0.4, 0.5) is 5.69 Å². The summed E-state index contributed by atoms with van der Waals surface area (Å²) in [6, 6.07) is 5.49. The van der Waals surface area contributed by atoms with Gasteiger partial charge in [-0.3, -0.25) is 9.79 Å². The Morgan fingerprint density at radius 3 is 2.44 bits per heavy atom. The molecule has 0 aliphatic heterocycles. The van der Waals surface area contributed by atoms with Gasteiger partial charge in [0.15, 0.2) is 5.96 Å². The molecule has 1 rings (SSSR count). The first-order valence-corrected chi connectivity index (χ1v) is 8.79. The molecule has 1 aromatic carbocycles. The van der Waals surface area contributed by atoms with Gasteiger partial charge in [0.05, 0.1) is 25.4 Å². The van der Waals surface area contributed by atoms with E-state index < -0.39 is 0 Å².